The maximum atomic E-state index is 2.34. The standard InChI is InChI=1S/C19H17N/c1-12-7-6-10-15-18(12)16-11-17(20(2)3)19(15)14-9-5-4-8-13(14)16/h4-11H,1-3H3. The van der Waals surface area contributed by atoms with E-state index in [1.807, 2.05) is 0 Å². The normalized spacial score (nSPS) is 11.8. The molecule has 0 N–H and O–H groups in total. The Morgan fingerprint density at radius 2 is 1.40 bits per heavy atom. The van der Waals surface area contributed by atoms with Crippen molar-refractivity contribution in [1.29, 1.82) is 0 Å². The first-order valence-electron chi connectivity index (χ1n) is 7.02. The minimum Gasteiger partial charge on any atom is -0.377 e. The van der Waals surface area contributed by atoms with Crippen LogP contribution in [0.2, 0.25) is 0 Å². The molecular formula is C19H17N. The highest BCUT2D eigenvalue weighted by Gasteiger charge is 2.16. The summed E-state index contributed by atoms with van der Waals surface area (Å²) >= 11 is 0. The van der Waals surface area contributed by atoms with Crippen molar-refractivity contribution >= 4 is 38.0 Å². The van der Waals surface area contributed by atoms with Crippen LogP contribution in [0.25, 0.3) is 32.3 Å². The van der Waals surface area contributed by atoms with Gasteiger partial charge in [-0.1, -0.05) is 42.5 Å². The van der Waals surface area contributed by atoms with Gasteiger partial charge in [0.2, 0.25) is 0 Å². The fourth-order valence-corrected chi connectivity index (χ4v) is 3.44. The lowest BCUT2D eigenvalue weighted by molar-refractivity contribution is 1.15. The van der Waals surface area contributed by atoms with E-state index in [4.69, 9.17) is 0 Å². The van der Waals surface area contributed by atoms with E-state index >= 15 is 0 Å². The summed E-state index contributed by atoms with van der Waals surface area (Å²) in [6.45, 7) is 2.21. The van der Waals surface area contributed by atoms with Crippen LogP contribution in [0.4, 0.5) is 5.69 Å². The SMILES string of the molecule is Cc1cccc2c1c1cc(N(C)C)c2c2ccccc12. The van der Waals surface area contributed by atoms with Crippen LogP contribution >= 0.6 is 0 Å². The van der Waals surface area contributed by atoms with E-state index < -0.39 is 0 Å². The maximum Gasteiger partial charge on any atom is 0.0453 e. The van der Waals surface area contributed by atoms with Gasteiger partial charge in [0.1, 0.15) is 0 Å². The van der Waals surface area contributed by atoms with Gasteiger partial charge in [0.05, 0.1) is 0 Å². The second-order valence-corrected chi connectivity index (χ2v) is 5.76. The zero-order valence-corrected chi connectivity index (χ0v) is 12.1. The number of rotatable bonds is 1. The molecule has 98 valence electrons. The van der Waals surface area contributed by atoms with Crippen molar-refractivity contribution in [3.63, 3.8) is 0 Å². The molecule has 0 fully saturated rings. The van der Waals surface area contributed by atoms with Crippen molar-refractivity contribution in [2.24, 2.45) is 0 Å². The number of aryl methyl sites for hydroxylation is 1. The van der Waals surface area contributed by atoms with Gasteiger partial charge in [-0.2, -0.15) is 0 Å². The maximum absolute atomic E-state index is 2.34. The van der Waals surface area contributed by atoms with Crippen LogP contribution in [0.15, 0.2) is 48.5 Å². The molecule has 0 saturated carbocycles. The van der Waals surface area contributed by atoms with Gasteiger partial charge in [-0.15, -0.1) is 0 Å². The predicted molar refractivity (Wildman–Crippen MR) is 89.2 cm³/mol. The lowest BCUT2D eigenvalue weighted by Gasteiger charge is -2.22. The van der Waals surface area contributed by atoms with Gasteiger partial charge < -0.3 is 4.90 Å². The molecule has 0 unspecified atom stereocenters. The molecule has 20 heavy (non-hydrogen) atoms. The fraction of sp³-hybridized carbons (Fsp3) is 0.158. The molecule has 0 aliphatic carbocycles. The second-order valence-electron chi connectivity index (χ2n) is 5.76. The smallest absolute Gasteiger partial charge is 0.0453 e. The molecule has 1 heteroatoms. The Hall–Kier alpha value is -2.28. The summed E-state index contributed by atoms with van der Waals surface area (Å²) in [5.74, 6) is 0. The predicted octanol–water partition coefficient (Wildman–Crippen LogP) is 4.96. The molecule has 0 spiro atoms. The minimum atomic E-state index is 1.32. The first-order chi connectivity index (χ1) is 9.68. The van der Waals surface area contributed by atoms with Gasteiger partial charge in [-0.25, -0.2) is 0 Å². The molecule has 0 radical (unpaired) electrons. The first kappa shape index (κ1) is 11.5. The monoisotopic (exact) mass is 259 g/mol. The molecule has 5 rings (SSSR count). The molecule has 0 aliphatic heterocycles. The Morgan fingerprint density at radius 1 is 0.700 bits per heavy atom. The topological polar surface area (TPSA) is 3.24 Å². The van der Waals surface area contributed by atoms with Crippen LogP contribution in [0.3, 0.4) is 0 Å². The quantitative estimate of drug-likeness (QED) is 0.437. The van der Waals surface area contributed by atoms with Crippen LogP contribution in [-0.4, -0.2) is 14.1 Å². The Balaban J connectivity index is 2.40. The summed E-state index contributed by atoms with van der Waals surface area (Å²) in [4.78, 5) is 2.22. The summed E-state index contributed by atoms with van der Waals surface area (Å²) in [7, 11) is 4.25. The molecule has 2 bridgehead atoms. The van der Waals surface area contributed by atoms with Crippen LogP contribution in [0.1, 0.15) is 5.56 Å². The minimum absolute atomic E-state index is 1.32. The van der Waals surface area contributed by atoms with E-state index in [1.54, 1.807) is 0 Å². The van der Waals surface area contributed by atoms with Crippen LogP contribution in [-0.2, 0) is 0 Å². The van der Waals surface area contributed by atoms with E-state index in [2.05, 4.69) is 74.4 Å². The van der Waals surface area contributed by atoms with Gasteiger partial charge >= 0.3 is 0 Å². The van der Waals surface area contributed by atoms with Gasteiger partial charge in [0.25, 0.3) is 0 Å². The molecule has 5 aromatic carbocycles. The van der Waals surface area contributed by atoms with E-state index in [0.717, 1.165) is 0 Å². The number of fused-ring (bicyclic) bond motifs is 1. The molecule has 0 amide bonds. The van der Waals surface area contributed by atoms with E-state index in [1.165, 1.54) is 43.6 Å². The summed E-state index contributed by atoms with van der Waals surface area (Å²) < 4.78 is 0. The molecular weight excluding hydrogens is 242 g/mol. The zero-order chi connectivity index (χ0) is 13.9. The van der Waals surface area contributed by atoms with Gasteiger partial charge in [0, 0.05) is 25.2 Å². The van der Waals surface area contributed by atoms with Crippen molar-refractivity contribution in [3.8, 4) is 0 Å². The average molecular weight is 259 g/mol. The molecule has 0 aliphatic rings. The number of benzene rings is 5. The summed E-state index contributed by atoms with van der Waals surface area (Å²) in [6, 6.07) is 17.7. The van der Waals surface area contributed by atoms with Crippen LogP contribution < -0.4 is 4.90 Å². The third-order valence-corrected chi connectivity index (χ3v) is 4.32. The van der Waals surface area contributed by atoms with Crippen molar-refractivity contribution < 1.29 is 0 Å². The molecule has 5 aromatic rings. The van der Waals surface area contributed by atoms with E-state index in [-0.39, 0.29) is 0 Å². The summed E-state index contributed by atoms with van der Waals surface area (Å²) in [5, 5.41) is 8.27. The average Bonchev–Trinajstić information content (AvgIpc) is 2.47. The number of hydrogen-bond acceptors (Lipinski definition) is 1. The second kappa shape index (κ2) is 3.86. The van der Waals surface area contributed by atoms with Gasteiger partial charge in [-0.3, -0.25) is 0 Å². The van der Waals surface area contributed by atoms with Crippen molar-refractivity contribution in [1.82, 2.24) is 0 Å². The highest BCUT2D eigenvalue weighted by molar-refractivity contribution is 6.31. The van der Waals surface area contributed by atoms with Crippen LogP contribution in [0, 0.1) is 6.92 Å². The summed E-state index contributed by atoms with van der Waals surface area (Å²) in [5.41, 5.74) is 2.68. The fourth-order valence-electron chi connectivity index (χ4n) is 3.44. The van der Waals surface area contributed by atoms with E-state index in [0.29, 0.717) is 0 Å². The zero-order valence-electron chi connectivity index (χ0n) is 12.1. The number of nitrogens with zero attached hydrogens (tertiary/aromatic N) is 1. The van der Waals surface area contributed by atoms with Crippen molar-refractivity contribution in [3.05, 3.63) is 54.1 Å². The first-order valence-corrected chi connectivity index (χ1v) is 7.02. The molecule has 1 nitrogen and oxygen atoms in total. The third-order valence-electron chi connectivity index (χ3n) is 4.32. The Kier molecular flexibility index (Phi) is 2.23. The molecule has 0 saturated heterocycles. The highest BCUT2D eigenvalue weighted by atomic mass is 15.1. The lowest BCUT2D eigenvalue weighted by Crippen LogP contribution is -2.10. The Bertz CT molecular complexity index is 935. The molecule has 0 aromatic heterocycles. The van der Waals surface area contributed by atoms with Gasteiger partial charge in [-0.05, 0) is 45.5 Å². The number of anilines is 1. The highest BCUT2D eigenvalue weighted by Crippen LogP contribution is 2.43. The van der Waals surface area contributed by atoms with Crippen molar-refractivity contribution in [2.75, 3.05) is 19.0 Å². The molecule has 0 atom stereocenters. The summed E-state index contributed by atoms with van der Waals surface area (Å²) in [6.07, 6.45) is 0. The third kappa shape index (κ3) is 1.32. The largest absolute Gasteiger partial charge is 0.377 e. The number of hydrogen-bond donors (Lipinski definition) is 0. The Morgan fingerprint density at radius 3 is 2.15 bits per heavy atom. The van der Waals surface area contributed by atoms with E-state index in [9.17, 15) is 0 Å². The Labute approximate surface area is 118 Å². The van der Waals surface area contributed by atoms with Crippen LogP contribution in [0.5, 0.6) is 0 Å². The van der Waals surface area contributed by atoms with Crippen molar-refractivity contribution in [2.45, 2.75) is 6.92 Å². The molecule has 0 heterocycles. The lowest BCUT2D eigenvalue weighted by atomic mass is 9.88. The van der Waals surface area contributed by atoms with Gasteiger partial charge in [0.15, 0.2) is 0 Å².